The van der Waals surface area contributed by atoms with Crippen LogP contribution < -0.4 is 9.80 Å². The van der Waals surface area contributed by atoms with Crippen LogP contribution in [0.4, 0.5) is 30.6 Å². The molecule has 0 saturated carbocycles. The molecule has 0 spiro atoms. The van der Waals surface area contributed by atoms with E-state index in [0.717, 1.165) is 0 Å². The lowest BCUT2D eigenvalue weighted by Crippen LogP contribution is -2.49. The summed E-state index contributed by atoms with van der Waals surface area (Å²) in [7, 11) is 0. The van der Waals surface area contributed by atoms with Gasteiger partial charge in [0.15, 0.2) is 11.4 Å². The van der Waals surface area contributed by atoms with E-state index in [9.17, 15) is 18.7 Å². The van der Waals surface area contributed by atoms with Crippen molar-refractivity contribution in [3.8, 4) is 0 Å². The van der Waals surface area contributed by atoms with E-state index < -0.39 is 29.4 Å². The predicted octanol–water partition coefficient (Wildman–Crippen LogP) is 5.59. The fourth-order valence-corrected chi connectivity index (χ4v) is 4.10. The molecule has 0 aromatic heterocycles. The summed E-state index contributed by atoms with van der Waals surface area (Å²) in [5.41, 5.74) is -0.464. The molecule has 2 atom stereocenters. The number of amides is 2. The molecule has 0 bridgehead atoms. The standard InChI is InChI=1S/C24H19F2N3O2/c1-3-22-24(31,16-5-4-6-19(15-16)27-2)29(21-13-9-18(26)10-14-21)23(30)28(22)20-11-7-17(25)8-12-20/h4-15,22,31H,3H2,1H3/t22-,24?/m0/s1. The number of halogens is 2. The highest BCUT2D eigenvalue weighted by Crippen LogP contribution is 2.46. The number of hydrogen-bond acceptors (Lipinski definition) is 2. The molecule has 1 aliphatic heterocycles. The van der Waals surface area contributed by atoms with E-state index in [0.29, 0.717) is 29.0 Å². The van der Waals surface area contributed by atoms with E-state index >= 15 is 0 Å². The molecule has 0 aliphatic carbocycles. The predicted molar refractivity (Wildman–Crippen MR) is 114 cm³/mol. The van der Waals surface area contributed by atoms with E-state index in [1.54, 1.807) is 18.2 Å². The lowest BCUT2D eigenvalue weighted by Gasteiger charge is -2.37. The second-order valence-corrected chi connectivity index (χ2v) is 7.25. The number of anilines is 2. The fraction of sp³-hybridized carbons (Fsp3) is 0.167. The molecule has 1 aliphatic rings. The van der Waals surface area contributed by atoms with Gasteiger partial charge < -0.3 is 5.11 Å². The number of benzene rings is 3. The molecular formula is C24H19F2N3O2. The van der Waals surface area contributed by atoms with Crippen LogP contribution in [0.25, 0.3) is 4.85 Å². The lowest BCUT2D eigenvalue weighted by molar-refractivity contribution is 0.0307. The topological polar surface area (TPSA) is 48.1 Å². The molecule has 2 amide bonds. The summed E-state index contributed by atoms with van der Waals surface area (Å²) in [5, 5.41) is 12.1. The first-order valence-electron chi connectivity index (χ1n) is 9.75. The van der Waals surface area contributed by atoms with Crippen molar-refractivity contribution in [1.29, 1.82) is 0 Å². The Kier molecular flexibility index (Phi) is 5.17. The maximum Gasteiger partial charge on any atom is 0.332 e. The molecule has 1 N–H and O–H groups in total. The molecule has 3 aromatic rings. The van der Waals surface area contributed by atoms with E-state index in [1.165, 1.54) is 64.4 Å². The summed E-state index contributed by atoms with van der Waals surface area (Å²) in [4.78, 5) is 19.7. The second kappa shape index (κ2) is 7.82. The third-order valence-electron chi connectivity index (χ3n) is 5.49. The lowest BCUT2D eigenvalue weighted by atomic mass is 9.91. The van der Waals surface area contributed by atoms with Crippen LogP contribution >= 0.6 is 0 Å². The van der Waals surface area contributed by atoms with Gasteiger partial charge in [-0.3, -0.25) is 9.80 Å². The number of aliphatic hydroxyl groups is 1. The highest BCUT2D eigenvalue weighted by molar-refractivity contribution is 6.08. The van der Waals surface area contributed by atoms with Crippen LogP contribution in [0.3, 0.4) is 0 Å². The Labute approximate surface area is 178 Å². The number of hydrogen-bond donors (Lipinski definition) is 1. The van der Waals surface area contributed by atoms with Gasteiger partial charge in [0, 0.05) is 11.4 Å². The first kappa shape index (κ1) is 20.5. The first-order valence-corrected chi connectivity index (χ1v) is 9.75. The molecule has 1 heterocycles. The number of nitrogens with zero attached hydrogens (tertiary/aromatic N) is 3. The van der Waals surface area contributed by atoms with Gasteiger partial charge in [-0.1, -0.05) is 25.1 Å². The van der Waals surface area contributed by atoms with Crippen LogP contribution in [0.5, 0.6) is 0 Å². The number of carbonyl (C=O) groups is 1. The minimum atomic E-state index is -1.85. The van der Waals surface area contributed by atoms with Gasteiger partial charge in [-0.2, -0.15) is 0 Å². The van der Waals surface area contributed by atoms with E-state index in [1.807, 2.05) is 6.92 Å². The van der Waals surface area contributed by atoms with Crippen LogP contribution in [0.1, 0.15) is 18.9 Å². The average molecular weight is 419 g/mol. The molecule has 31 heavy (non-hydrogen) atoms. The number of urea groups is 1. The largest absolute Gasteiger partial charge is 0.365 e. The summed E-state index contributed by atoms with van der Waals surface area (Å²) in [6.45, 7) is 9.14. The quantitative estimate of drug-likeness (QED) is 0.561. The third-order valence-corrected chi connectivity index (χ3v) is 5.49. The van der Waals surface area contributed by atoms with Crippen molar-refractivity contribution in [1.82, 2.24) is 0 Å². The Morgan fingerprint density at radius 3 is 2.13 bits per heavy atom. The van der Waals surface area contributed by atoms with Gasteiger partial charge in [-0.05, 0) is 66.6 Å². The summed E-state index contributed by atoms with van der Waals surface area (Å²) in [6, 6.07) is 15.8. The third kappa shape index (κ3) is 3.31. The van der Waals surface area contributed by atoms with Gasteiger partial charge in [-0.15, -0.1) is 0 Å². The highest BCUT2D eigenvalue weighted by Gasteiger charge is 2.57. The molecule has 1 unspecified atom stereocenters. The summed E-state index contributed by atoms with van der Waals surface area (Å²) in [6.07, 6.45) is 0.361. The van der Waals surface area contributed by atoms with Crippen LogP contribution in [0.15, 0.2) is 72.8 Å². The zero-order valence-electron chi connectivity index (χ0n) is 16.7. The van der Waals surface area contributed by atoms with Crippen molar-refractivity contribution >= 4 is 23.1 Å². The smallest absolute Gasteiger partial charge is 0.332 e. The van der Waals surface area contributed by atoms with Crippen molar-refractivity contribution < 1.29 is 18.7 Å². The first-order chi connectivity index (χ1) is 14.9. The molecule has 0 radical (unpaired) electrons. The van der Waals surface area contributed by atoms with Gasteiger partial charge in [0.1, 0.15) is 11.6 Å². The monoisotopic (exact) mass is 419 g/mol. The van der Waals surface area contributed by atoms with Crippen LogP contribution in [-0.4, -0.2) is 17.2 Å². The van der Waals surface area contributed by atoms with Crippen LogP contribution in [0.2, 0.25) is 0 Å². The Bertz CT molecular complexity index is 1160. The average Bonchev–Trinajstić information content (AvgIpc) is 3.02. The summed E-state index contributed by atoms with van der Waals surface area (Å²) >= 11 is 0. The molecule has 1 saturated heterocycles. The zero-order chi connectivity index (χ0) is 22.2. The minimum absolute atomic E-state index is 0.296. The Balaban J connectivity index is 1.95. The van der Waals surface area contributed by atoms with Gasteiger partial charge in [0.2, 0.25) is 0 Å². The van der Waals surface area contributed by atoms with E-state index in [4.69, 9.17) is 6.57 Å². The van der Waals surface area contributed by atoms with Crippen molar-refractivity contribution in [2.45, 2.75) is 25.1 Å². The highest BCUT2D eigenvalue weighted by atomic mass is 19.1. The molecule has 1 fully saturated rings. The Morgan fingerprint density at radius 1 is 1.00 bits per heavy atom. The van der Waals surface area contributed by atoms with Gasteiger partial charge in [0.05, 0.1) is 12.6 Å². The molecule has 3 aromatic carbocycles. The van der Waals surface area contributed by atoms with Crippen LogP contribution in [0, 0.1) is 18.2 Å². The number of rotatable bonds is 4. The van der Waals surface area contributed by atoms with Crippen LogP contribution in [-0.2, 0) is 5.72 Å². The Hall–Kier alpha value is -3.76. The molecule has 156 valence electrons. The second-order valence-electron chi connectivity index (χ2n) is 7.25. The van der Waals surface area contributed by atoms with Crippen molar-refractivity contribution in [2.24, 2.45) is 0 Å². The maximum atomic E-state index is 13.6. The fourth-order valence-electron chi connectivity index (χ4n) is 4.10. The van der Waals surface area contributed by atoms with Gasteiger partial charge >= 0.3 is 6.03 Å². The molecule has 7 heteroatoms. The normalized spacial score (nSPS) is 20.7. The van der Waals surface area contributed by atoms with Gasteiger partial charge in [-0.25, -0.2) is 18.4 Å². The minimum Gasteiger partial charge on any atom is -0.365 e. The maximum absolute atomic E-state index is 13.6. The summed E-state index contributed by atoms with van der Waals surface area (Å²) in [5.74, 6) is -0.921. The zero-order valence-corrected chi connectivity index (χ0v) is 16.7. The number of carbonyl (C=O) groups excluding carboxylic acids is 1. The van der Waals surface area contributed by atoms with Gasteiger partial charge in [0.25, 0.3) is 0 Å². The van der Waals surface area contributed by atoms with Crippen molar-refractivity contribution in [3.63, 3.8) is 0 Å². The SMILES string of the molecule is [C-]#[N+]c1cccc(C2(O)[C@H](CC)N(c3ccc(F)cc3)C(=O)N2c2ccc(F)cc2)c1. The molecular weight excluding hydrogens is 400 g/mol. The van der Waals surface area contributed by atoms with Crippen molar-refractivity contribution in [3.05, 3.63) is 101 Å². The van der Waals surface area contributed by atoms with Crippen molar-refractivity contribution in [2.75, 3.05) is 9.80 Å². The van der Waals surface area contributed by atoms with E-state index in [2.05, 4.69) is 4.85 Å². The van der Waals surface area contributed by atoms with E-state index in [-0.39, 0.29) is 0 Å². The summed E-state index contributed by atoms with van der Waals surface area (Å²) < 4.78 is 27.1. The molecule has 4 rings (SSSR count). The Morgan fingerprint density at radius 2 is 1.58 bits per heavy atom. The molecule has 5 nitrogen and oxygen atoms in total.